The monoisotopic (exact) mass is 460 g/mol. The Hall–Kier alpha value is -1.75. The molecule has 0 heterocycles. The molecule has 2 N–H and O–H groups in total. The van der Waals surface area contributed by atoms with Gasteiger partial charge < -0.3 is 15.4 Å². The van der Waals surface area contributed by atoms with E-state index in [-0.39, 0.29) is 23.4 Å². The third-order valence-electron chi connectivity index (χ3n) is 7.62. The maximum Gasteiger partial charge on any atom is 0.263 e. The van der Waals surface area contributed by atoms with Crippen LogP contribution in [0.4, 0.5) is 0 Å². The molecule has 1 aromatic rings. The Bertz CT molecular complexity index is 881. The highest BCUT2D eigenvalue weighted by Crippen LogP contribution is 2.55. The maximum atomic E-state index is 13.3. The summed E-state index contributed by atoms with van der Waals surface area (Å²) in [7, 11) is 0. The zero-order chi connectivity index (χ0) is 23.3. The highest BCUT2D eigenvalue weighted by atomic mass is 35.5. The van der Waals surface area contributed by atoms with E-state index in [1.54, 1.807) is 6.07 Å². The van der Waals surface area contributed by atoms with Crippen molar-refractivity contribution in [2.45, 2.75) is 90.3 Å². The van der Waals surface area contributed by atoms with Crippen molar-refractivity contribution in [2.75, 3.05) is 0 Å². The van der Waals surface area contributed by atoms with Crippen molar-refractivity contribution in [2.24, 2.45) is 23.7 Å². The van der Waals surface area contributed by atoms with Crippen LogP contribution in [0.3, 0.4) is 0 Å². The number of aryl methyl sites for hydroxylation is 1. The molecule has 5 atom stereocenters. The predicted molar refractivity (Wildman–Crippen MR) is 127 cm³/mol. The van der Waals surface area contributed by atoms with Gasteiger partial charge in [0.1, 0.15) is 5.75 Å². The second-order valence-electron chi connectivity index (χ2n) is 11.4. The van der Waals surface area contributed by atoms with Gasteiger partial charge in [-0.1, -0.05) is 25.4 Å². The van der Waals surface area contributed by atoms with E-state index < -0.39 is 5.60 Å². The van der Waals surface area contributed by atoms with E-state index in [4.69, 9.17) is 16.3 Å². The molecule has 1 aromatic carbocycles. The molecule has 4 fully saturated rings. The van der Waals surface area contributed by atoms with Gasteiger partial charge in [-0.05, 0) is 100 Å². The molecule has 5 rings (SSSR count). The fourth-order valence-corrected chi connectivity index (χ4v) is 6.73. The second-order valence-corrected chi connectivity index (χ2v) is 11.9. The number of amides is 2. The van der Waals surface area contributed by atoms with E-state index in [0.29, 0.717) is 40.9 Å². The van der Waals surface area contributed by atoms with E-state index in [9.17, 15) is 9.59 Å². The van der Waals surface area contributed by atoms with E-state index >= 15 is 0 Å². The molecule has 0 radical (unpaired) electrons. The van der Waals surface area contributed by atoms with Crippen molar-refractivity contribution in [3.05, 3.63) is 28.8 Å². The number of halogens is 1. The molecule has 176 valence electrons. The van der Waals surface area contributed by atoms with E-state index in [2.05, 4.69) is 24.5 Å². The Labute approximate surface area is 197 Å². The number of benzene rings is 1. The molecular weight excluding hydrogens is 424 g/mol. The number of nitrogens with one attached hydrogen (secondary N) is 2. The lowest BCUT2D eigenvalue weighted by Crippen LogP contribution is -2.67. The topological polar surface area (TPSA) is 67.4 Å². The number of hydrogen-bond acceptors (Lipinski definition) is 3. The lowest BCUT2D eigenvalue weighted by molar-refractivity contribution is -0.140. The summed E-state index contributed by atoms with van der Waals surface area (Å²) < 4.78 is 6.12. The summed E-state index contributed by atoms with van der Waals surface area (Å²) in [5.41, 5.74) is -0.154. The summed E-state index contributed by atoms with van der Waals surface area (Å²) in [6.45, 7) is 9.74. The van der Waals surface area contributed by atoms with Crippen LogP contribution >= 0.6 is 11.6 Å². The maximum absolute atomic E-state index is 13.3. The van der Waals surface area contributed by atoms with Crippen molar-refractivity contribution in [1.29, 1.82) is 0 Å². The first-order chi connectivity index (χ1) is 15.0. The Kier molecular flexibility index (Phi) is 6.26. The summed E-state index contributed by atoms with van der Waals surface area (Å²) >= 11 is 6.06. The molecule has 4 aliphatic rings. The highest BCUT2D eigenvalue weighted by Gasteiger charge is 2.56. The van der Waals surface area contributed by atoms with Gasteiger partial charge in [0.2, 0.25) is 5.91 Å². The molecule has 0 spiro atoms. The quantitative estimate of drug-likeness (QED) is 0.599. The number of hydrogen-bond donors (Lipinski definition) is 2. The van der Waals surface area contributed by atoms with Gasteiger partial charge in [-0.2, -0.15) is 0 Å². The standard InChI is InChI=1S/C26H37ClN2O3/c1-15(2)8-22(30)29-26-12-17-10-18(13-26)23(19(11-17)14-26)28-24(31)25(4,5)32-21-7-6-20(27)9-16(21)3/h6-7,9,15,17-19,23H,8,10-14H2,1-5H3,(H,28,31)(H,29,30)/t17?,18-,19+,23+,26+. The lowest BCUT2D eigenvalue weighted by atomic mass is 9.51. The molecule has 0 saturated heterocycles. The zero-order valence-electron chi connectivity index (χ0n) is 20.0. The molecule has 0 aliphatic heterocycles. The van der Waals surface area contributed by atoms with Gasteiger partial charge in [-0.15, -0.1) is 0 Å². The van der Waals surface area contributed by atoms with Crippen molar-refractivity contribution in [3.63, 3.8) is 0 Å². The second kappa shape index (κ2) is 8.55. The van der Waals surface area contributed by atoms with Crippen molar-refractivity contribution in [1.82, 2.24) is 10.6 Å². The Morgan fingerprint density at radius 2 is 1.84 bits per heavy atom. The van der Waals surface area contributed by atoms with Crippen LogP contribution in [-0.4, -0.2) is 29.0 Å². The van der Waals surface area contributed by atoms with Crippen molar-refractivity contribution in [3.8, 4) is 5.75 Å². The Morgan fingerprint density at radius 3 is 2.44 bits per heavy atom. The van der Waals surface area contributed by atoms with Gasteiger partial charge in [0.25, 0.3) is 5.91 Å². The summed E-state index contributed by atoms with van der Waals surface area (Å²) in [5.74, 6) is 2.61. The third kappa shape index (κ3) is 4.78. The van der Waals surface area contributed by atoms with Crippen molar-refractivity contribution >= 4 is 23.4 Å². The molecule has 6 heteroatoms. The molecule has 1 unspecified atom stereocenters. The molecule has 4 aliphatic carbocycles. The van der Waals surface area contributed by atoms with Gasteiger partial charge in [0.15, 0.2) is 5.60 Å². The van der Waals surface area contributed by atoms with Crippen LogP contribution in [0.1, 0.15) is 71.8 Å². The Balaban J connectivity index is 1.42. The SMILES string of the molecule is Cc1cc(Cl)ccc1OC(C)(C)C(=O)N[C@H]1[C@@H]2CC3C[C@H]1C[C@](NC(=O)CC(C)C)(C3)C2. The van der Waals surface area contributed by atoms with Crippen LogP contribution in [-0.2, 0) is 9.59 Å². The predicted octanol–water partition coefficient (Wildman–Crippen LogP) is 5.03. The smallest absolute Gasteiger partial charge is 0.263 e. The summed E-state index contributed by atoms with van der Waals surface area (Å²) in [5, 5.41) is 7.42. The van der Waals surface area contributed by atoms with Crippen LogP contribution in [0.2, 0.25) is 5.02 Å². The van der Waals surface area contributed by atoms with E-state index in [1.165, 1.54) is 0 Å². The van der Waals surface area contributed by atoms with Gasteiger partial charge in [-0.3, -0.25) is 9.59 Å². The number of carbonyl (C=O) groups excluding carboxylic acids is 2. The van der Waals surface area contributed by atoms with E-state index in [1.807, 2.05) is 32.9 Å². The average molecular weight is 461 g/mol. The van der Waals surface area contributed by atoms with Crippen LogP contribution in [0, 0.1) is 30.6 Å². The normalized spacial score (nSPS) is 31.0. The lowest BCUT2D eigenvalue weighted by Gasteiger charge is -2.60. The first-order valence-electron chi connectivity index (χ1n) is 12.0. The average Bonchev–Trinajstić information content (AvgIpc) is 2.65. The van der Waals surface area contributed by atoms with Crippen LogP contribution in [0.15, 0.2) is 18.2 Å². The molecule has 0 aromatic heterocycles. The van der Waals surface area contributed by atoms with Crippen LogP contribution in [0.25, 0.3) is 0 Å². The van der Waals surface area contributed by atoms with Crippen LogP contribution < -0.4 is 15.4 Å². The van der Waals surface area contributed by atoms with Gasteiger partial charge in [-0.25, -0.2) is 0 Å². The number of carbonyl (C=O) groups is 2. The fraction of sp³-hybridized carbons (Fsp3) is 0.692. The summed E-state index contributed by atoms with van der Waals surface area (Å²) in [6.07, 6.45) is 5.88. The Morgan fingerprint density at radius 1 is 1.19 bits per heavy atom. The first-order valence-corrected chi connectivity index (χ1v) is 12.4. The molecule has 32 heavy (non-hydrogen) atoms. The fourth-order valence-electron chi connectivity index (χ4n) is 6.50. The van der Waals surface area contributed by atoms with Crippen molar-refractivity contribution < 1.29 is 14.3 Å². The minimum absolute atomic E-state index is 0.0733. The minimum atomic E-state index is -0.990. The highest BCUT2D eigenvalue weighted by molar-refractivity contribution is 6.30. The molecule has 4 saturated carbocycles. The summed E-state index contributed by atoms with van der Waals surface area (Å²) in [6, 6.07) is 5.60. The van der Waals surface area contributed by atoms with E-state index in [0.717, 1.165) is 37.7 Å². The molecular formula is C26H37ClN2O3. The molecule has 2 amide bonds. The number of rotatable bonds is 7. The van der Waals surface area contributed by atoms with Gasteiger partial charge in [0, 0.05) is 23.0 Å². The van der Waals surface area contributed by atoms with Gasteiger partial charge in [0.05, 0.1) is 0 Å². The summed E-state index contributed by atoms with van der Waals surface area (Å²) in [4.78, 5) is 25.8. The molecule has 4 bridgehead atoms. The largest absolute Gasteiger partial charge is 0.478 e. The van der Waals surface area contributed by atoms with Crippen LogP contribution in [0.5, 0.6) is 5.75 Å². The number of ether oxygens (including phenoxy) is 1. The third-order valence-corrected chi connectivity index (χ3v) is 7.85. The zero-order valence-corrected chi connectivity index (χ0v) is 20.7. The first kappa shape index (κ1) is 23.4. The minimum Gasteiger partial charge on any atom is -0.478 e. The molecule has 5 nitrogen and oxygen atoms in total. The van der Waals surface area contributed by atoms with Gasteiger partial charge >= 0.3 is 0 Å².